The van der Waals surface area contributed by atoms with Crippen molar-refractivity contribution in [1.82, 2.24) is 10.3 Å². The maximum Gasteiger partial charge on any atom is 0.241 e. The highest BCUT2D eigenvalue weighted by Crippen LogP contribution is 2.32. The largest absolute Gasteiger partial charge is 0.355 e. The Morgan fingerprint density at radius 1 is 1.00 bits per heavy atom. The summed E-state index contributed by atoms with van der Waals surface area (Å²) >= 11 is 1.73. The van der Waals surface area contributed by atoms with Crippen LogP contribution in [0.4, 0.5) is 17.1 Å². The van der Waals surface area contributed by atoms with Gasteiger partial charge < -0.3 is 16.0 Å². The number of hydrogen-bond donors (Lipinski definition) is 3. The lowest BCUT2D eigenvalue weighted by Crippen LogP contribution is -2.35. The second-order valence-corrected chi connectivity index (χ2v) is 9.07. The number of amides is 1. The van der Waals surface area contributed by atoms with E-state index in [1.54, 1.807) is 18.0 Å². The SMILES string of the molecule is O=C(Nc1ccc2c(c1)Nc1ccccc1CC2)[C@@H]1C[C@H](Sc2ccccn2)CN1. The Morgan fingerprint density at radius 2 is 1.83 bits per heavy atom. The molecule has 3 aromatic rings. The van der Waals surface area contributed by atoms with E-state index < -0.39 is 0 Å². The summed E-state index contributed by atoms with van der Waals surface area (Å²) in [5.74, 6) is 0.0214. The molecule has 0 radical (unpaired) electrons. The minimum atomic E-state index is -0.182. The fraction of sp³-hybridized carbons (Fsp3) is 0.250. The Morgan fingerprint density at radius 3 is 2.70 bits per heavy atom. The summed E-state index contributed by atoms with van der Waals surface area (Å²) in [6, 6.07) is 20.3. The number of fused-ring (bicyclic) bond motifs is 2. The lowest BCUT2D eigenvalue weighted by atomic mass is 10.0. The summed E-state index contributed by atoms with van der Waals surface area (Å²) in [6.07, 6.45) is 4.61. The van der Waals surface area contributed by atoms with E-state index in [0.717, 1.165) is 47.9 Å². The number of aromatic nitrogens is 1. The Bertz CT molecular complexity index is 1060. The van der Waals surface area contributed by atoms with E-state index in [-0.39, 0.29) is 11.9 Å². The van der Waals surface area contributed by atoms with Gasteiger partial charge in [0.1, 0.15) is 0 Å². The van der Waals surface area contributed by atoms with E-state index in [0.29, 0.717) is 5.25 Å². The van der Waals surface area contributed by atoms with E-state index >= 15 is 0 Å². The summed E-state index contributed by atoms with van der Waals surface area (Å²) in [4.78, 5) is 17.2. The lowest BCUT2D eigenvalue weighted by molar-refractivity contribution is -0.117. The van der Waals surface area contributed by atoms with Crippen LogP contribution in [0.25, 0.3) is 0 Å². The molecular weight excluding hydrogens is 392 g/mol. The van der Waals surface area contributed by atoms with Crippen molar-refractivity contribution in [3.8, 4) is 0 Å². The molecule has 152 valence electrons. The normalized spacial score (nSPS) is 19.9. The number of carbonyl (C=O) groups excluding carboxylic acids is 1. The van der Waals surface area contributed by atoms with Gasteiger partial charge in [0.15, 0.2) is 0 Å². The minimum Gasteiger partial charge on any atom is -0.355 e. The molecule has 0 spiro atoms. The van der Waals surface area contributed by atoms with Gasteiger partial charge in [-0.2, -0.15) is 0 Å². The molecule has 5 rings (SSSR count). The first kappa shape index (κ1) is 19.2. The maximum atomic E-state index is 12.8. The zero-order valence-corrected chi connectivity index (χ0v) is 17.4. The highest BCUT2D eigenvalue weighted by atomic mass is 32.2. The Balaban J connectivity index is 1.24. The second kappa shape index (κ2) is 8.50. The molecular formula is C24H24N4OS. The molecule has 2 aromatic carbocycles. The van der Waals surface area contributed by atoms with Crippen molar-refractivity contribution in [2.45, 2.75) is 35.6 Å². The van der Waals surface area contributed by atoms with Gasteiger partial charge >= 0.3 is 0 Å². The quantitative estimate of drug-likeness (QED) is 0.589. The molecule has 1 saturated heterocycles. The molecule has 0 bridgehead atoms. The lowest BCUT2D eigenvalue weighted by Gasteiger charge is -2.14. The molecule has 1 fully saturated rings. The molecule has 5 nitrogen and oxygen atoms in total. The van der Waals surface area contributed by atoms with Crippen LogP contribution in [0.1, 0.15) is 17.5 Å². The van der Waals surface area contributed by atoms with Gasteiger partial charge in [-0.15, -0.1) is 11.8 Å². The van der Waals surface area contributed by atoms with Crippen molar-refractivity contribution < 1.29 is 4.79 Å². The van der Waals surface area contributed by atoms with Crippen molar-refractivity contribution in [3.05, 3.63) is 78.0 Å². The predicted molar refractivity (Wildman–Crippen MR) is 122 cm³/mol. The number of aryl methyl sites for hydroxylation is 2. The Kier molecular flexibility index (Phi) is 5.43. The number of para-hydroxylation sites is 1. The maximum absolute atomic E-state index is 12.8. The standard InChI is InChI=1S/C24H24N4OS/c29-24(22-14-19(15-26-22)30-23-7-3-4-12-25-23)27-18-11-10-17-9-8-16-5-1-2-6-20(16)28-21(17)13-18/h1-7,10-13,19,22,26,28H,8-9,14-15H2,(H,27,29)/t19-,22-/m0/s1. The van der Waals surface area contributed by atoms with E-state index in [9.17, 15) is 4.79 Å². The average Bonchev–Trinajstić information content (AvgIpc) is 3.15. The van der Waals surface area contributed by atoms with Crippen molar-refractivity contribution in [2.75, 3.05) is 17.2 Å². The molecule has 3 N–H and O–H groups in total. The molecule has 1 aromatic heterocycles. The molecule has 2 aliphatic heterocycles. The van der Waals surface area contributed by atoms with Crippen LogP contribution in [0.5, 0.6) is 0 Å². The number of nitrogens with one attached hydrogen (secondary N) is 3. The van der Waals surface area contributed by atoms with E-state index in [1.807, 2.05) is 36.4 Å². The van der Waals surface area contributed by atoms with Crippen molar-refractivity contribution in [3.63, 3.8) is 0 Å². The van der Waals surface area contributed by atoms with Crippen LogP contribution in [0.15, 0.2) is 71.9 Å². The molecule has 2 aliphatic rings. The fourth-order valence-electron chi connectivity index (χ4n) is 4.07. The van der Waals surface area contributed by atoms with E-state index in [2.05, 4.69) is 45.2 Å². The van der Waals surface area contributed by atoms with Gasteiger partial charge in [-0.3, -0.25) is 4.79 Å². The first-order valence-corrected chi connectivity index (χ1v) is 11.2. The van der Waals surface area contributed by atoms with Crippen LogP contribution in [0, 0.1) is 0 Å². The molecule has 0 saturated carbocycles. The molecule has 30 heavy (non-hydrogen) atoms. The summed E-state index contributed by atoms with van der Waals surface area (Å²) in [5.41, 5.74) is 5.64. The fourth-order valence-corrected chi connectivity index (χ4v) is 5.16. The highest BCUT2D eigenvalue weighted by molar-refractivity contribution is 7.99. The number of carbonyl (C=O) groups is 1. The third kappa shape index (κ3) is 4.20. The van der Waals surface area contributed by atoms with Crippen molar-refractivity contribution >= 4 is 34.7 Å². The molecule has 2 atom stereocenters. The monoisotopic (exact) mass is 416 g/mol. The van der Waals surface area contributed by atoms with E-state index in [1.165, 1.54) is 11.1 Å². The number of benzene rings is 2. The van der Waals surface area contributed by atoms with Crippen molar-refractivity contribution in [1.29, 1.82) is 0 Å². The van der Waals surface area contributed by atoms with Crippen molar-refractivity contribution in [2.24, 2.45) is 0 Å². The first-order chi connectivity index (χ1) is 14.7. The van der Waals surface area contributed by atoms with Crippen LogP contribution >= 0.6 is 11.8 Å². The van der Waals surface area contributed by atoms with Crippen LogP contribution in [-0.2, 0) is 17.6 Å². The minimum absolute atomic E-state index is 0.0214. The van der Waals surface area contributed by atoms with Crippen LogP contribution < -0.4 is 16.0 Å². The molecule has 0 aliphatic carbocycles. The summed E-state index contributed by atoms with van der Waals surface area (Å²) < 4.78 is 0. The summed E-state index contributed by atoms with van der Waals surface area (Å²) in [7, 11) is 0. The second-order valence-electron chi connectivity index (χ2n) is 7.75. The highest BCUT2D eigenvalue weighted by Gasteiger charge is 2.30. The summed E-state index contributed by atoms with van der Waals surface area (Å²) in [6.45, 7) is 0.807. The average molecular weight is 417 g/mol. The van der Waals surface area contributed by atoms with Crippen LogP contribution in [0.2, 0.25) is 0 Å². The molecule has 3 heterocycles. The van der Waals surface area contributed by atoms with Gasteiger partial charge in [0.25, 0.3) is 0 Å². The predicted octanol–water partition coefficient (Wildman–Crippen LogP) is 4.39. The zero-order valence-electron chi connectivity index (χ0n) is 16.6. The molecule has 6 heteroatoms. The Hall–Kier alpha value is -2.83. The first-order valence-electron chi connectivity index (χ1n) is 10.3. The third-order valence-electron chi connectivity index (χ3n) is 5.66. The van der Waals surface area contributed by atoms with Crippen LogP contribution in [-0.4, -0.2) is 28.7 Å². The van der Waals surface area contributed by atoms with Gasteiger partial charge in [0.05, 0.1) is 11.1 Å². The third-order valence-corrected chi connectivity index (χ3v) is 6.84. The zero-order chi connectivity index (χ0) is 20.3. The van der Waals surface area contributed by atoms with Gasteiger partial charge in [0.2, 0.25) is 5.91 Å². The number of thioether (sulfide) groups is 1. The summed E-state index contributed by atoms with van der Waals surface area (Å²) in [5, 5.41) is 11.3. The number of anilines is 3. The molecule has 0 unspecified atom stereocenters. The Labute approximate surface area is 180 Å². The van der Waals surface area contributed by atoms with Gasteiger partial charge in [-0.1, -0.05) is 30.3 Å². The number of hydrogen-bond acceptors (Lipinski definition) is 5. The van der Waals surface area contributed by atoms with E-state index in [4.69, 9.17) is 0 Å². The van der Waals surface area contributed by atoms with Gasteiger partial charge in [0, 0.05) is 35.1 Å². The molecule has 1 amide bonds. The number of rotatable bonds is 4. The smallest absolute Gasteiger partial charge is 0.241 e. The van der Waals surface area contributed by atoms with Gasteiger partial charge in [-0.05, 0) is 60.7 Å². The topological polar surface area (TPSA) is 66.0 Å². The number of pyridine rings is 1. The van der Waals surface area contributed by atoms with Gasteiger partial charge in [-0.25, -0.2) is 4.98 Å². The van der Waals surface area contributed by atoms with Crippen LogP contribution in [0.3, 0.4) is 0 Å². The number of nitrogens with zero attached hydrogens (tertiary/aromatic N) is 1.